The van der Waals surface area contributed by atoms with Gasteiger partial charge in [-0.05, 0) is 40.8 Å². The summed E-state index contributed by atoms with van der Waals surface area (Å²) in [5.41, 5.74) is 2.99. The molecule has 1 aliphatic rings. The van der Waals surface area contributed by atoms with E-state index in [-0.39, 0.29) is 80.7 Å². The van der Waals surface area contributed by atoms with Gasteiger partial charge < -0.3 is 22.8 Å². The molecule has 0 radical (unpaired) electrons. The second kappa shape index (κ2) is 10.9. The zero-order chi connectivity index (χ0) is 24.6. The number of carboxylic acids is 1. The minimum absolute atomic E-state index is 0. The Bertz CT molecular complexity index is 1240. The maximum Gasteiger partial charge on any atom is 1.00 e. The van der Waals surface area contributed by atoms with Crippen molar-refractivity contribution in [2.24, 2.45) is 0 Å². The van der Waals surface area contributed by atoms with Crippen LogP contribution in [0.15, 0.2) is 60.7 Å². The van der Waals surface area contributed by atoms with Gasteiger partial charge in [-0.15, -0.1) is 5.46 Å². The van der Waals surface area contributed by atoms with E-state index < -0.39 is 30.9 Å². The van der Waals surface area contributed by atoms with Crippen LogP contribution in [-0.4, -0.2) is 37.8 Å². The van der Waals surface area contributed by atoms with Gasteiger partial charge in [0, 0.05) is 18.7 Å². The largest absolute Gasteiger partial charge is 1.00 e. The van der Waals surface area contributed by atoms with Crippen molar-refractivity contribution in [2.45, 2.75) is 19.3 Å². The molecule has 0 aromatic heterocycles. The molecule has 0 atom stereocenters. The summed E-state index contributed by atoms with van der Waals surface area (Å²) in [5.74, 6) is -1.45. The molecule has 10 heteroatoms. The molecule has 1 N–H and O–H groups in total. The molecule has 0 heterocycles. The molecule has 0 saturated heterocycles. The number of fused-ring (bicyclic) bond motifs is 3. The summed E-state index contributed by atoms with van der Waals surface area (Å²) in [6, 6.07) is 17.8. The molecule has 176 valence electrons. The molecule has 0 saturated carbocycles. The van der Waals surface area contributed by atoms with Gasteiger partial charge in [0.2, 0.25) is 0 Å². The van der Waals surface area contributed by atoms with Gasteiger partial charge in [-0.2, -0.15) is 0 Å². The first-order valence-electron chi connectivity index (χ1n) is 10.7. The molecule has 35 heavy (non-hydrogen) atoms. The first-order chi connectivity index (χ1) is 16.1. The summed E-state index contributed by atoms with van der Waals surface area (Å²) >= 11 is 0. The fourth-order valence-corrected chi connectivity index (χ4v) is 4.46. The second-order valence-electron chi connectivity index (χ2n) is 8.33. The van der Waals surface area contributed by atoms with Gasteiger partial charge in [-0.1, -0.05) is 60.2 Å². The fourth-order valence-electron chi connectivity index (χ4n) is 4.46. The van der Waals surface area contributed by atoms with Crippen molar-refractivity contribution in [2.75, 3.05) is 18.6 Å². The molecular weight excluding hydrogens is 485 g/mol. The van der Waals surface area contributed by atoms with Crippen LogP contribution in [0.2, 0.25) is 0 Å². The Morgan fingerprint density at radius 3 is 2.06 bits per heavy atom. The number of benzene rings is 3. The fraction of sp³-hybridized carbons (Fsp3) is 0.200. The van der Waals surface area contributed by atoms with E-state index in [1.165, 1.54) is 20.0 Å². The minimum Gasteiger partial charge on any atom is -0.481 e. The molecule has 0 aliphatic heterocycles. The van der Waals surface area contributed by atoms with Crippen LogP contribution >= 0.6 is 0 Å². The smallest absolute Gasteiger partial charge is 0.481 e. The van der Waals surface area contributed by atoms with E-state index >= 15 is 0 Å². The van der Waals surface area contributed by atoms with Gasteiger partial charge in [0.15, 0.2) is 0 Å². The average molecular weight is 507 g/mol. The Morgan fingerprint density at radius 2 is 1.54 bits per heavy atom. The van der Waals surface area contributed by atoms with Gasteiger partial charge >= 0.3 is 70.4 Å². The molecular formula is C25H22BF3KNO4. The normalized spacial score (nSPS) is 12.4. The first kappa shape index (κ1) is 27.5. The van der Waals surface area contributed by atoms with Crippen molar-refractivity contribution < 1.29 is 83.8 Å². The van der Waals surface area contributed by atoms with Crippen molar-refractivity contribution >= 4 is 30.2 Å². The van der Waals surface area contributed by atoms with E-state index in [0.29, 0.717) is 0 Å². The number of anilines is 1. The van der Waals surface area contributed by atoms with Crippen molar-refractivity contribution in [3.8, 4) is 11.1 Å². The number of amides is 1. The summed E-state index contributed by atoms with van der Waals surface area (Å²) in [7, 11) is 1.31. The van der Waals surface area contributed by atoms with Crippen LogP contribution in [-0.2, 0) is 16.0 Å². The van der Waals surface area contributed by atoms with Gasteiger partial charge in [0.05, 0.1) is 6.42 Å². The van der Waals surface area contributed by atoms with Crippen molar-refractivity contribution in [3.63, 3.8) is 0 Å². The molecule has 0 spiro atoms. The number of halogens is 3. The minimum atomic E-state index is -5.40. The topological polar surface area (TPSA) is 66.8 Å². The Kier molecular flexibility index (Phi) is 8.54. The summed E-state index contributed by atoms with van der Waals surface area (Å²) in [6.07, 6.45) is -1.41. The van der Waals surface area contributed by atoms with E-state index in [2.05, 4.69) is 0 Å². The first-order valence-corrected chi connectivity index (χ1v) is 10.7. The average Bonchev–Trinajstić information content (AvgIpc) is 3.11. The second-order valence-corrected chi connectivity index (χ2v) is 8.33. The summed E-state index contributed by atoms with van der Waals surface area (Å²) in [4.78, 5) is 25.0. The third kappa shape index (κ3) is 5.67. The molecule has 1 aliphatic carbocycles. The SMILES string of the molecule is Cc1c(CC(=O)O)cc(N(C)C(=O)OCC2c3ccccc3-c3ccccc32)cc1[B-](F)(F)F.[K+]. The molecule has 5 nitrogen and oxygen atoms in total. The van der Waals surface area contributed by atoms with Crippen LogP contribution in [0, 0.1) is 6.92 Å². The Labute approximate surface area is 243 Å². The van der Waals surface area contributed by atoms with Gasteiger partial charge in [0.1, 0.15) is 6.61 Å². The number of aliphatic carboxylic acids is 1. The van der Waals surface area contributed by atoms with Crippen LogP contribution in [0.5, 0.6) is 0 Å². The number of ether oxygens (including phenoxy) is 1. The third-order valence-electron chi connectivity index (χ3n) is 6.23. The van der Waals surface area contributed by atoms with E-state index in [9.17, 15) is 22.5 Å². The van der Waals surface area contributed by atoms with E-state index in [1.807, 2.05) is 48.5 Å². The van der Waals surface area contributed by atoms with E-state index in [0.717, 1.165) is 33.2 Å². The van der Waals surface area contributed by atoms with Crippen molar-refractivity contribution in [3.05, 3.63) is 82.9 Å². The quantitative estimate of drug-likeness (QED) is 0.519. The molecule has 0 unspecified atom stereocenters. The summed E-state index contributed by atoms with van der Waals surface area (Å²) in [6.45, 7) is -4.15. The van der Waals surface area contributed by atoms with E-state index in [4.69, 9.17) is 9.84 Å². The monoisotopic (exact) mass is 507 g/mol. The summed E-state index contributed by atoms with van der Waals surface area (Å²) < 4.78 is 46.4. The molecule has 1 amide bonds. The standard InChI is InChI=1S/C25H22BF3NO4.K/c1-15-16(12-24(31)32)11-17(13-23(15)26(27,28)29)30(2)25(33)34-14-22-20-9-5-3-7-18(20)19-8-4-6-10-21(19)22;/h3-11,13,22H,12,14H2,1-2H3,(H,31,32);/q-1;+1. The zero-order valence-electron chi connectivity index (χ0n) is 19.6. The molecule has 0 fully saturated rings. The Morgan fingerprint density at radius 1 is 1.00 bits per heavy atom. The number of hydrogen-bond acceptors (Lipinski definition) is 3. The Hall–Kier alpha value is -2.11. The molecule has 3 aromatic rings. The number of rotatable bonds is 6. The number of hydrogen-bond donors (Lipinski definition) is 1. The van der Waals surface area contributed by atoms with Crippen molar-refractivity contribution in [1.82, 2.24) is 0 Å². The zero-order valence-corrected chi connectivity index (χ0v) is 22.7. The Balaban J connectivity index is 0.00000342. The maximum atomic E-state index is 13.6. The van der Waals surface area contributed by atoms with Crippen LogP contribution < -0.4 is 61.7 Å². The van der Waals surface area contributed by atoms with Crippen LogP contribution in [0.3, 0.4) is 0 Å². The number of carbonyl (C=O) groups excluding carboxylic acids is 1. The summed E-state index contributed by atoms with van der Waals surface area (Å²) in [5, 5.41) is 9.11. The maximum absolute atomic E-state index is 13.6. The number of nitrogens with zero attached hydrogens (tertiary/aromatic N) is 1. The van der Waals surface area contributed by atoms with Gasteiger partial charge in [0.25, 0.3) is 0 Å². The predicted octanol–water partition coefficient (Wildman–Crippen LogP) is 2.07. The van der Waals surface area contributed by atoms with Crippen LogP contribution in [0.4, 0.5) is 23.4 Å². The molecule has 0 bridgehead atoms. The van der Waals surface area contributed by atoms with Gasteiger partial charge in [-0.3, -0.25) is 9.69 Å². The molecule has 3 aromatic carbocycles. The number of carbonyl (C=O) groups is 2. The van der Waals surface area contributed by atoms with E-state index in [1.54, 1.807) is 0 Å². The number of carboxylic acid groups (broad SMARTS) is 1. The van der Waals surface area contributed by atoms with Crippen LogP contribution in [0.25, 0.3) is 11.1 Å². The van der Waals surface area contributed by atoms with Crippen molar-refractivity contribution in [1.29, 1.82) is 0 Å². The van der Waals surface area contributed by atoms with Crippen LogP contribution in [0.1, 0.15) is 28.2 Å². The third-order valence-corrected chi connectivity index (χ3v) is 6.23. The molecule has 4 rings (SSSR count). The predicted molar refractivity (Wildman–Crippen MR) is 125 cm³/mol. The van der Waals surface area contributed by atoms with Gasteiger partial charge in [-0.25, -0.2) is 4.79 Å².